The molecule has 5 rings (SSSR count). The first-order chi connectivity index (χ1) is 18.2. The lowest BCUT2D eigenvalue weighted by atomic mass is 9.68. The van der Waals surface area contributed by atoms with E-state index in [4.69, 9.17) is 0 Å². The third-order valence-corrected chi connectivity index (χ3v) is 7.45. The minimum absolute atomic E-state index is 0.0116. The standard InChI is InChI=1S/C25H27N7O6/c1-3-7-32-20(34)16(19(33)27-24(32)38)12-26-15-5-6-17-14(10-15)11-25(21(35)28-23(37)29-22(25)36)18-13-30(4-2)8-9-31(17)18/h3,5-6,10,12,18,34H,1,4,7-9,11,13H2,2H3,(H,27,33,38)(H2,28,29,35,36,37). The zero-order valence-corrected chi connectivity index (χ0v) is 20.7. The van der Waals surface area contributed by atoms with Crippen LogP contribution in [-0.2, 0) is 22.6 Å². The quantitative estimate of drug-likeness (QED) is 0.234. The van der Waals surface area contributed by atoms with Crippen molar-refractivity contribution in [2.24, 2.45) is 10.4 Å². The highest BCUT2D eigenvalue weighted by molar-refractivity contribution is 6.20. The van der Waals surface area contributed by atoms with E-state index in [0.717, 1.165) is 29.6 Å². The van der Waals surface area contributed by atoms with Crippen molar-refractivity contribution < 1.29 is 19.5 Å². The van der Waals surface area contributed by atoms with Crippen LogP contribution in [-0.4, -0.2) is 75.8 Å². The molecule has 13 nitrogen and oxygen atoms in total. The number of anilines is 1. The summed E-state index contributed by atoms with van der Waals surface area (Å²) in [6, 6.07) is 3.96. The van der Waals surface area contributed by atoms with Gasteiger partial charge in [0.2, 0.25) is 17.7 Å². The lowest BCUT2D eigenvalue weighted by molar-refractivity contribution is -0.147. The highest BCUT2D eigenvalue weighted by Crippen LogP contribution is 2.45. The second kappa shape index (κ2) is 9.41. The fourth-order valence-corrected chi connectivity index (χ4v) is 5.48. The van der Waals surface area contributed by atoms with Gasteiger partial charge in [0, 0.05) is 38.1 Å². The first kappa shape index (κ1) is 25.1. The van der Waals surface area contributed by atoms with E-state index in [1.54, 1.807) is 12.1 Å². The van der Waals surface area contributed by atoms with E-state index >= 15 is 0 Å². The van der Waals surface area contributed by atoms with Gasteiger partial charge in [-0.2, -0.15) is 0 Å². The highest BCUT2D eigenvalue weighted by atomic mass is 16.3. The number of nitrogens with one attached hydrogen (secondary N) is 3. The van der Waals surface area contributed by atoms with Gasteiger partial charge < -0.3 is 10.0 Å². The summed E-state index contributed by atoms with van der Waals surface area (Å²) in [5.41, 5.74) is -1.37. The number of amides is 4. The molecule has 38 heavy (non-hydrogen) atoms. The molecule has 0 saturated carbocycles. The van der Waals surface area contributed by atoms with Gasteiger partial charge in [0.15, 0.2) is 5.41 Å². The van der Waals surface area contributed by atoms with E-state index in [1.165, 1.54) is 6.08 Å². The van der Waals surface area contributed by atoms with Crippen LogP contribution in [0.1, 0.15) is 18.1 Å². The van der Waals surface area contributed by atoms with Gasteiger partial charge in [0.25, 0.3) is 5.56 Å². The van der Waals surface area contributed by atoms with E-state index < -0.39 is 46.4 Å². The molecule has 4 amide bonds. The number of likely N-dealkylation sites (N-methyl/N-ethyl adjacent to an activating group) is 1. The van der Waals surface area contributed by atoms with Crippen LogP contribution < -0.4 is 26.8 Å². The van der Waals surface area contributed by atoms with Gasteiger partial charge in [-0.15, -0.1) is 6.58 Å². The van der Waals surface area contributed by atoms with Crippen LogP contribution in [0.25, 0.3) is 0 Å². The molecule has 0 radical (unpaired) electrons. The topological polar surface area (TPSA) is 169 Å². The molecule has 1 unspecified atom stereocenters. The maximum Gasteiger partial charge on any atom is 0.331 e. The van der Waals surface area contributed by atoms with Gasteiger partial charge in [-0.25, -0.2) is 9.59 Å². The number of aromatic amines is 1. The summed E-state index contributed by atoms with van der Waals surface area (Å²) in [5, 5.41) is 15.0. The molecule has 1 aromatic carbocycles. The van der Waals surface area contributed by atoms with E-state index in [1.807, 2.05) is 17.9 Å². The number of carbonyl (C=O) groups is 3. The summed E-state index contributed by atoms with van der Waals surface area (Å²) in [6.07, 6.45) is 2.60. The Hall–Kier alpha value is -4.52. The molecule has 0 bridgehead atoms. The largest absolute Gasteiger partial charge is 0.494 e. The zero-order valence-electron chi connectivity index (χ0n) is 20.7. The first-order valence-corrected chi connectivity index (χ1v) is 12.2. The predicted octanol–water partition coefficient (Wildman–Crippen LogP) is -0.402. The fraction of sp³-hybridized carbons (Fsp3) is 0.360. The van der Waals surface area contributed by atoms with Gasteiger partial charge in [0.1, 0.15) is 5.56 Å². The molecule has 1 spiro atoms. The number of nitrogens with zero attached hydrogens (tertiary/aromatic N) is 4. The summed E-state index contributed by atoms with van der Waals surface area (Å²) in [4.78, 5) is 73.3. The van der Waals surface area contributed by atoms with Crippen LogP contribution in [0.15, 0.2) is 45.4 Å². The number of aromatic hydroxyl groups is 1. The van der Waals surface area contributed by atoms with Gasteiger partial charge in [-0.1, -0.05) is 13.0 Å². The van der Waals surface area contributed by atoms with E-state index in [2.05, 4.69) is 32.1 Å². The van der Waals surface area contributed by atoms with Crippen molar-refractivity contribution in [1.82, 2.24) is 25.1 Å². The number of hydrogen-bond acceptors (Lipinski definition) is 9. The summed E-state index contributed by atoms with van der Waals surface area (Å²) in [7, 11) is 0. The molecule has 2 saturated heterocycles. The third-order valence-electron chi connectivity index (χ3n) is 7.45. The zero-order chi connectivity index (χ0) is 27.2. The number of barbiturate groups is 1. The molecule has 1 aromatic heterocycles. The summed E-state index contributed by atoms with van der Waals surface area (Å²) < 4.78 is 0.948. The average Bonchev–Trinajstić information content (AvgIpc) is 2.88. The fourth-order valence-electron chi connectivity index (χ4n) is 5.48. The lowest BCUT2D eigenvalue weighted by Gasteiger charge is -2.54. The SMILES string of the molecule is C=CCn1c(O)c(C=Nc2ccc3c(c2)CC2(C(=O)NC(=O)NC2=O)C2CN(CC)CCN32)c(=O)[nH]c1=O. The number of piperazine rings is 1. The second-order valence-electron chi connectivity index (χ2n) is 9.45. The second-order valence-corrected chi connectivity index (χ2v) is 9.45. The number of allylic oxidation sites excluding steroid dienone is 1. The molecule has 198 valence electrons. The molecule has 3 aliphatic heterocycles. The van der Waals surface area contributed by atoms with Gasteiger partial charge in [0.05, 0.1) is 11.7 Å². The molecule has 4 N–H and O–H groups in total. The van der Waals surface area contributed by atoms with Crippen molar-refractivity contribution >= 4 is 35.4 Å². The number of benzene rings is 1. The van der Waals surface area contributed by atoms with E-state index in [9.17, 15) is 29.1 Å². The van der Waals surface area contributed by atoms with Crippen LogP contribution in [0.2, 0.25) is 0 Å². The van der Waals surface area contributed by atoms with E-state index in [0.29, 0.717) is 24.3 Å². The van der Waals surface area contributed by atoms with Crippen LogP contribution in [0, 0.1) is 5.41 Å². The summed E-state index contributed by atoms with van der Waals surface area (Å²) in [5.74, 6) is -1.82. The van der Waals surface area contributed by atoms with Crippen molar-refractivity contribution in [2.45, 2.75) is 25.9 Å². The molecular formula is C25H27N7O6. The molecule has 2 fully saturated rings. The number of aromatic nitrogens is 2. The molecule has 2 aromatic rings. The monoisotopic (exact) mass is 521 g/mol. The number of imide groups is 2. The predicted molar refractivity (Wildman–Crippen MR) is 138 cm³/mol. The summed E-state index contributed by atoms with van der Waals surface area (Å²) in [6.45, 7) is 8.10. The molecule has 1 atom stereocenters. The number of H-pyrrole nitrogens is 1. The lowest BCUT2D eigenvalue weighted by Crippen LogP contribution is -2.74. The molecule has 4 heterocycles. The molecular weight excluding hydrogens is 494 g/mol. The third kappa shape index (κ3) is 3.91. The highest BCUT2D eigenvalue weighted by Gasteiger charge is 2.60. The Bertz CT molecular complexity index is 1490. The van der Waals surface area contributed by atoms with Crippen LogP contribution in [0.3, 0.4) is 0 Å². The Balaban J connectivity index is 1.56. The number of rotatable bonds is 5. The van der Waals surface area contributed by atoms with Crippen molar-refractivity contribution in [1.29, 1.82) is 0 Å². The molecule has 13 heteroatoms. The van der Waals surface area contributed by atoms with Crippen LogP contribution in [0.4, 0.5) is 16.2 Å². The minimum Gasteiger partial charge on any atom is -0.494 e. The Kier molecular flexibility index (Phi) is 6.23. The summed E-state index contributed by atoms with van der Waals surface area (Å²) >= 11 is 0. The van der Waals surface area contributed by atoms with Crippen molar-refractivity contribution in [2.75, 3.05) is 31.1 Å². The van der Waals surface area contributed by atoms with Crippen LogP contribution in [0.5, 0.6) is 5.88 Å². The average molecular weight is 522 g/mol. The maximum atomic E-state index is 13.3. The first-order valence-electron chi connectivity index (χ1n) is 12.2. The number of carbonyl (C=O) groups excluding carboxylic acids is 3. The number of hydrogen-bond donors (Lipinski definition) is 4. The Morgan fingerprint density at radius 3 is 2.58 bits per heavy atom. The number of aliphatic imine (C=N–C) groups is 1. The van der Waals surface area contributed by atoms with Crippen molar-refractivity contribution in [3.63, 3.8) is 0 Å². The Morgan fingerprint density at radius 1 is 1.16 bits per heavy atom. The van der Waals surface area contributed by atoms with E-state index in [-0.39, 0.29) is 18.5 Å². The van der Waals surface area contributed by atoms with Gasteiger partial charge in [-0.05, 0) is 36.7 Å². The van der Waals surface area contributed by atoms with Crippen molar-refractivity contribution in [3.05, 3.63) is 62.8 Å². The smallest absolute Gasteiger partial charge is 0.331 e. The maximum absolute atomic E-state index is 13.3. The van der Waals surface area contributed by atoms with Gasteiger partial charge in [-0.3, -0.25) is 44.5 Å². The van der Waals surface area contributed by atoms with Gasteiger partial charge >= 0.3 is 11.7 Å². The Labute approximate surface area is 216 Å². The molecule has 0 aliphatic carbocycles. The minimum atomic E-state index is -1.52. The normalized spacial score (nSPS) is 20.7. The Morgan fingerprint density at radius 2 is 1.89 bits per heavy atom. The molecule has 3 aliphatic rings. The number of urea groups is 1. The van der Waals surface area contributed by atoms with Crippen LogP contribution >= 0.6 is 0 Å². The van der Waals surface area contributed by atoms with Crippen molar-refractivity contribution in [3.8, 4) is 5.88 Å². The number of fused-ring (bicyclic) bond motifs is 4.